The van der Waals surface area contributed by atoms with Crippen LogP contribution in [0.3, 0.4) is 0 Å². The quantitative estimate of drug-likeness (QED) is 0.760. The van der Waals surface area contributed by atoms with Crippen molar-refractivity contribution in [2.75, 3.05) is 6.61 Å². The SMILES string of the molecule is CC(C)(CO)c1ccc(F)c(Cl)c1F. The zero-order valence-corrected chi connectivity index (χ0v) is 8.70. The van der Waals surface area contributed by atoms with Gasteiger partial charge >= 0.3 is 0 Å². The molecule has 0 unspecified atom stereocenters. The van der Waals surface area contributed by atoms with E-state index in [2.05, 4.69) is 0 Å². The van der Waals surface area contributed by atoms with Gasteiger partial charge in [0, 0.05) is 5.41 Å². The molecule has 1 N–H and O–H groups in total. The van der Waals surface area contributed by atoms with Crippen LogP contribution in [0, 0.1) is 11.6 Å². The third-order valence-corrected chi connectivity index (χ3v) is 2.51. The molecule has 0 aliphatic carbocycles. The van der Waals surface area contributed by atoms with Gasteiger partial charge in [0.05, 0.1) is 6.61 Å². The van der Waals surface area contributed by atoms with E-state index >= 15 is 0 Å². The van der Waals surface area contributed by atoms with Crippen molar-refractivity contribution in [2.24, 2.45) is 0 Å². The van der Waals surface area contributed by atoms with Gasteiger partial charge in [0.2, 0.25) is 0 Å². The van der Waals surface area contributed by atoms with Gasteiger partial charge in [-0.1, -0.05) is 31.5 Å². The van der Waals surface area contributed by atoms with Crippen molar-refractivity contribution in [2.45, 2.75) is 19.3 Å². The Labute approximate surface area is 86.3 Å². The third-order valence-electron chi connectivity index (χ3n) is 2.16. The predicted molar refractivity (Wildman–Crippen MR) is 51.5 cm³/mol. The number of hydrogen-bond acceptors (Lipinski definition) is 1. The highest BCUT2D eigenvalue weighted by Crippen LogP contribution is 2.30. The summed E-state index contributed by atoms with van der Waals surface area (Å²) in [5.74, 6) is -1.59. The Balaban J connectivity index is 3.31. The molecule has 0 radical (unpaired) electrons. The van der Waals surface area contributed by atoms with E-state index in [0.29, 0.717) is 0 Å². The van der Waals surface area contributed by atoms with E-state index < -0.39 is 22.1 Å². The van der Waals surface area contributed by atoms with E-state index in [0.717, 1.165) is 6.07 Å². The van der Waals surface area contributed by atoms with Crippen LogP contribution >= 0.6 is 11.6 Å². The fraction of sp³-hybridized carbons (Fsp3) is 0.400. The van der Waals surface area contributed by atoms with E-state index in [1.807, 2.05) is 0 Å². The summed E-state index contributed by atoms with van der Waals surface area (Å²) in [4.78, 5) is 0. The second-order valence-electron chi connectivity index (χ2n) is 3.76. The molecule has 1 aromatic carbocycles. The summed E-state index contributed by atoms with van der Waals surface area (Å²) in [6.07, 6.45) is 0. The van der Waals surface area contributed by atoms with Gasteiger partial charge in [0.15, 0.2) is 0 Å². The second kappa shape index (κ2) is 3.83. The maximum absolute atomic E-state index is 13.5. The lowest BCUT2D eigenvalue weighted by molar-refractivity contribution is 0.215. The Morgan fingerprint density at radius 2 is 1.93 bits per heavy atom. The Morgan fingerprint density at radius 3 is 2.43 bits per heavy atom. The molecule has 0 atom stereocenters. The van der Waals surface area contributed by atoms with Crippen molar-refractivity contribution in [1.29, 1.82) is 0 Å². The van der Waals surface area contributed by atoms with Gasteiger partial charge in [-0.25, -0.2) is 8.78 Å². The van der Waals surface area contributed by atoms with Gasteiger partial charge in [-0.15, -0.1) is 0 Å². The molecule has 0 fully saturated rings. The van der Waals surface area contributed by atoms with Crippen LogP contribution in [-0.2, 0) is 5.41 Å². The monoisotopic (exact) mass is 220 g/mol. The first kappa shape index (κ1) is 11.4. The predicted octanol–water partition coefficient (Wildman–Crippen LogP) is 2.89. The van der Waals surface area contributed by atoms with Crippen LogP contribution < -0.4 is 0 Å². The largest absolute Gasteiger partial charge is 0.395 e. The molecule has 0 saturated heterocycles. The second-order valence-corrected chi connectivity index (χ2v) is 4.14. The highest BCUT2D eigenvalue weighted by molar-refractivity contribution is 6.30. The van der Waals surface area contributed by atoms with Gasteiger partial charge in [-0.3, -0.25) is 0 Å². The zero-order valence-electron chi connectivity index (χ0n) is 7.94. The lowest BCUT2D eigenvalue weighted by Gasteiger charge is -2.23. The summed E-state index contributed by atoms with van der Waals surface area (Å²) in [5.41, 5.74) is -0.548. The lowest BCUT2D eigenvalue weighted by Crippen LogP contribution is -2.23. The average molecular weight is 221 g/mol. The summed E-state index contributed by atoms with van der Waals surface area (Å²) < 4.78 is 26.3. The molecule has 78 valence electrons. The maximum Gasteiger partial charge on any atom is 0.148 e. The third kappa shape index (κ3) is 1.88. The molecule has 14 heavy (non-hydrogen) atoms. The van der Waals surface area contributed by atoms with Crippen molar-refractivity contribution >= 4 is 11.6 Å². The number of hydrogen-bond donors (Lipinski definition) is 1. The molecule has 0 spiro atoms. The van der Waals surface area contributed by atoms with Gasteiger partial charge in [0.25, 0.3) is 0 Å². The van der Waals surface area contributed by atoms with Crippen LogP contribution in [0.1, 0.15) is 19.4 Å². The molecule has 1 nitrogen and oxygen atoms in total. The highest BCUT2D eigenvalue weighted by atomic mass is 35.5. The molecule has 4 heteroatoms. The van der Waals surface area contributed by atoms with Crippen LogP contribution in [0.2, 0.25) is 5.02 Å². The van der Waals surface area contributed by atoms with Gasteiger partial charge in [0.1, 0.15) is 16.7 Å². The summed E-state index contributed by atoms with van der Waals surface area (Å²) >= 11 is 5.41. The maximum atomic E-state index is 13.5. The van der Waals surface area contributed by atoms with Crippen LogP contribution in [-0.4, -0.2) is 11.7 Å². The van der Waals surface area contributed by atoms with E-state index in [-0.39, 0.29) is 12.2 Å². The Kier molecular flexibility index (Phi) is 3.12. The van der Waals surface area contributed by atoms with Crippen LogP contribution in [0.4, 0.5) is 8.78 Å². The Hall–Kier alpha value is -0.670. The van der Waals surface area contributed by atoms with Crippen molar-refractivity contribution < 1.29 is 13.9 Å². The topological polar surface area (TPSA) is 20.2 Å². The fourth-order valence-electron chi connectivity index (χ4n) is 1.13. The first-order valence-corrected chi connectivity index (χ1v) is 4.53. The molecule has 0 aromatic heterocycles. The number of benzene rings is 1. The van der Waals surface area contributed by atoms with Crippen LogP contribution in [0.15, 0.2) is 12.1 Å². The molecule has 0 heterocycles. The molecule has 0 amide bonds. The summed E-state index contributed by atoms with van der Waals surface area (Å²) in [5, 5.41) is 8.50. The van der Waals surface area contributed by atoms with Crippen LogP contribution in [0.5, 0.6) is 0 Å². The summed E-state index contributed by atoms with van der Waals surface area (Å²) in [7, 11) is 0. The van der Waals surface area contributed by atoms with E-state index in [4.69, 9.17) is 16.7 Å². The molecular weight excluding hydrogens is 210 g/mol. The van der Waals surface area contributed by atoms with Crippen molar-refractivity contribution in [3.63, 3.8) is 0 Å². The van der Waals surface area contributed by atoms with Gasteiger partial charge in [-0.2, -0.15) is 0 Å². The molecular formula is C10H11ClF2O. The highest BCUT2D eigenvalue weighted by Gasteiger charge is 2.25. The molecule has 0 saturated carbocycles. The first-order chi connectivity index (χ1) is 6.40. The fourth-order valence-corrected chi connectivity index (χ4v) is 1.30. The van der Waals surface area contributed by atoms with E-state index in [9.17, 15) is 8.78 Å². The molecule has 1 rings (SSSR count). The van der Waals surface area contributed by atoms with Crippen LogP contribution in [0.25, 0.3) is 0 Å². The molecule has 0 aliphatic heterocycles. The standard InChI is InChI=1S/C10H11ClF2O/c1-10(2,5-14)6-3-4-7(12)8(11)9(6)13/h3-4,14H,5H2,1-2H3. The van der Waals surface area contributed by atoms with Crippen molar-refractivity contribution in [3.8, 4) is 0 Å². The lowest BCUT2D eigenvalue weighted by atomic mass is 9.85. The molecule has 0 aliphatic rings. The summed E-state index contributed by atoms with van der Waals surface area (Å²) in [6.45, 7) is 3.07. The first-order valence-electron chi connectivity index (χ1n) is 4.15. The number of halogens is 3. The molecule has 1 aromatic rings. The Bertz CT molecular complexity index is 350. The van der Waals surface area contributed by atoms with Crippen molar-refractivity contribution in [1.82, 2.24) is 0 Å². The minimum absolute atomic E-state index is 0.214. The molecule has 0 bridgehead atoms. The average Bonchev–Trinajstić information content (AvgIpc) is 2.14. The number of aliphatic hydroxyl groups is 1. The summed E-state index contributed by atoms with van der Waals surface area (Å²) in [6, 6.07) is 2.39. The van der Waals surface area contributed by atoms with Gasteiger partial charge < -0.3 is 5.11 Å². The van der Waals surface area contributed by atoms with E-state index in [1.54, 1.807) is 13.8 Å². The van der Waals surface area contributed by atoms with E-state index in [1.165, 1.54) is 6.07 Å². The number of rotatable bonds is 2. The minimum atomic E-state index is -0.800. The normalized spacial score (nSPS) is 11.9. The zero-order chi connectivity index (χ0) is 10.9. The van der Waals surface area contributed by atoms with Crippen molar-refractivity contribution in [3.05, 3.63) is 34.4 Å². The Morgan fingerprint density at radius 1 is 1.36 bits per heavy atom. The van der Waals surface area contributed by atoms with Gasteiger partial charge in [-0.05, 0) is 11.6 Å². The number of aliphatic hydroxyl groups excluding tert-OH is 1. The minimum Gasteiger partial charge on any atom is -0.395 e. The smallest absolute Gasteiger partial charge is 0.148 e.